The molecule has 0 aromatic heterocycles. The fourth-order valence-electron chi connectivity index (χ4n) is 11.4. The van der Waals surface area contributed by atoms with Crippen molar-refractivity contribution in [3.8, 4) is 89.0 Å². The molecule has 0 unspecified atom stereocenters. The molecule has 0 heterocycles. The van der Waals surface area contributed by atoms with Crippen molar-refractivity contribution < 1.29 is 0 Å². The van der Waals surface area contributed by atoms with E-state index in [9.17, 15) is 0 Å². The van der Waals surface area contributed by atoms with Crippen molar-refractivity contribution in [2.24, 2.45) is 0 Å². The molecule has 0 heteroatoms. The molecule has 0 saturated heterocycles. The van der Waals surface area contributed by atoms with Crippen molar-refractivity contribution in [3.05, 3.63) is 228 Å². The Labute approximate surface area is 372 Å². The first-order valence-corrected chi connectivity index (χ1v) is 22.6. The lowest BCUT2D eigenvalue weighted by Crippen LogP contribution is -2.16. The molecule has 0 amide bonds. The van der Waals surface area contributed by atoms with Crippen LogP contribution in [-0.4, -0.2) is 0 Å². The van der Waals surface area contributed by atoms with Gasteiger partial charge in [0.2, 0.25) is 0 Å². The zero-order valence-corrected chi connectivity index (χ0v) is 37.0. The van der Waals surface area contributed by atoms with Gasteiger partial charge in [0.05, 0.1) is 0 Å². The summed E-state index contributed by atoms with van der Waals surface area (Å²) in [4.78, 5) is 0. The molecule has 9 aromatic carbocycles. The molecule has 0 spiro atoms. The lowest BCUT2D eigenvalue weighted by molar-refractivity contribution is 0.659. The van der Waals surface area contributed by atoms with Gasteiger partial charge in [-0.2, -0.15) is 0 Å². The summed E-state index contributed by atoms with van der Waals surface area (Å²) >= 11 is 0. The Balaban J connectivity index is 0.844. The van der Waals surface area contributed by atoms with Gasteiger partial charge in [0, 0.05) is 16.2 Å². The van der Waals surface area contributed by atoms with Crippen LogP contribution < -0.4 is 0 Å². The maximum Gasteiger partial charge on any atom is 0.0159 e. The average Bonchev–Trinajstić information content (AvgIpc) is 3.80. The van der Waals surface area contributed by atoms with Crippen LogP contribution in [0, 0.1) is 0 Å². The van der Waals surface area contributed by atoms with Crippen molar-refractivity contribution in [1.82, 2.24) is 0 Å². The lowest BCUT2D eigenvalue weighted by Gasteiger charge is -2.24. The Morgan fingerprint density at radius 1 is 0.190 bits per heavy atom. The summed E-state index contributed by atoms with van der Waals surface area (Å²) in [5.74, 6) is 0. The number of hydrogen-bond donors (Lipinski definition) is 0. The van der Waals surface area contributed by atoms with Gasteiger partial charge >= 0.3 is 0 Å². The van der Waals surface area contributed by atoms with Crippen LogP contribution in [0.15, 0.2) is 194 Å². The van der Waals surface area contributed by atoms with E-state index in [1.165, 1.54) is 122 Å². The molecule has 0 bridgehead atoms. The molecule has 302 valence electrons. The first kappa shape index (κ1) is 37.7. The fourth-order valence-corrected chi connectivity index (χ4v) is 11.4. The van der Waals surface area contributed by atoms with E-state index < -0.39 is 0 Å². The van der Waals surface area contributed by atoms with Crippen LogP contribution in [0.1, 0.15) is 74.9 Å². The summed E-state index contributed by atoms with van der Waals surface area (Å²) in [5.41, 5.74) is 28.8. The van der Waals surface area contributed by atoms with E-state index in [4.69, 9.17) is 0 Å². The molecular weight excluding hydrogens is 757 g/mol. The van der Waals surface area contributed by atoms with Crippen LogP contribution in [0.4, 0.5) is 0 Å². The molecule has 0 saturated carbocycles. The molecule has 0 fully saturated rings. The quantitative estimate of drug-likeness (QED) is 0.163. The number of benzene rings is 9. The molecule has 0 atom stereocenters. The summed E-state index contributed by atoms with van der Waals surface area (Å²) in [6.45, 7) is 14.4. The van der Waals surface area contributed by atoms with Gasteiger partial charge in [-0.3, -0.25) is 0 Å². The molecule has 3 aliphatic rings. The van der Waals surface area contributed by atoms with Gasteiger partial charge in [0.1, 0.15) is 0 Å². The van der Waals surface area contributed by atoms with Gasteiger partial charge in [0.15, 0.2) is 0 Å². The van der Waals surface area contributed by atoms with Crippen molar-refractivity contribution >= 4 is 0 Å². The number of hydrogen-bond acceptors (Lipinski definition) is 0. The van der Waals surface area contributed by atoms with Crippen LogP contribution in [0.5, 0.6) is 0 Å². The monoisotopic (exact) mass is 806 g/mol. The Morgan fingerprint density at radius 3 is 0.667 bits per heavy atom. The predicted molar refractivity (Wildman–Crippen MR) is 266 cm³/mol. The summed E-state index contributed by atoms with van der Waals surface area (Å²) in [6, 6.07) is 73.2. The second-order valence-corrected chi connectivity index (χ2v) is 19.8. The largest absolute Gasteiger partial charge is 0.0622 e. The van der Waals surface area contributed by atoms with E-state index in [1.54, 1.807) is 0 Å². The Kier molecular flexibility index (Phi) is 8.08. The minimum atomic E-state index is -0.142. The van der Waals surface area contributed by atoms with Crippen LogP contribution in [0.2, 0.25) is 0 Å². The second kappa shape index (κ2) is 13.5. The Hall–Kier alpha value is -7.02. The number of fused-ring (bicyclic) bond motifs is 9. The predicted octanol–water partition coefficient (Wildman–Crippen LogP) is 16.9. The van der Waals surface area contributed by atoms with E-state index >= 15 is 0 Å². The van der Waals surface area contributed by atoms with Crippen LogP contribution in [0.3, 0.4) is 0 Å². The molecule has 12 rings (SSSR count). The lowest BCUT2D eigenvalue weighted by atomic mass is 9.79. The third-order valence-corrected chi connectivity index (χ3v) is 15.1. The zero-order valence-electron chi connectivity index (χ0n) is 37.0. The zero-order chi connectivity index (χ0) is 42.8. The molecule has 3 aliphatic carbocycles. The standard InChI is InChI=1S/C63H50/c1-61(2)55-33-43(40-16-11-8-12-17-40)20-26-49(55)51-28-22-45(35-57(51)61)47-24-30-53-54-31-25-48(38-60(54)63(5,6)59(53)37-47)46-23-29-52-50-27-21-44(34-56(50)62(3,4)58(52)36-46)42-19-13-18-41(32-42)39-14-9-7-10-15-39/h7-38H,1-6H3. The second-order valence-electron chi connectivity index (χ2n) is 19.8. The van der Waals surface area contributed by atoms with Gasteiger partial charge in [-0.25, -0.2) is 0 Å². The molecule has 0 radical (unpaired) electrons. The fraction of sp³-hybridized carbons (Fsp3) is 0.143. The smallest absolute Gasteiger partial charge is 0.0159 e. The topological polar surface area (TPSA) is 0 Å². The highest BCUT2D eigenvalue weighted by Crippen LogP contribution is 2.55. The molecule has 63 heavy (non-hydrogen) atoms. The Morgan fingerprint density at radius 2 is 0.397 bits per heavy atom. The van der Waals surface area contributed by atoms with Crippen molar-refractivity contribution in [2.75, 3.05) is 0 Å². The highest BCUT2D eigenvalue weighted by Gasteiger charge is 2.39. The first-order chi connectivity index (χ1) is 30.5. The van der Waals surface area contributed by atoms with Gasteiger partial charge in [-0.05, 0) is 165 Å². The first-order valence-electron chi connectivity index (χ1n) is 22.6. The van der Waals surface area contributed by atoms with Gasteiger partial charge < -0.3 is 0 Å². The van der Waals surface area contributed by atoms with Crippen molar-refractivity contribution in [2.45, 2.75) is 57.8 Å². The minimum absolute atomic E-state index is 0.0953. The van der Waals surface area contributed by atoms with Crippen LogP contribution in [0.25, 0.3) is 89.0 Å². The van der Waals surface area contributed by atoms with E-state index in [0.29, 0.717) is 0 Å². The molecule has 0 nitrogen and oxygen atoms in total. The third kappa shape index (κ3) is 5.67. The molecule has 9 aromatic rings. The molecular formula is C63H50. The van der Waals surface area contributed by atoms with Crippen molar-refractivity contribution in [3.63, 3.8) is 0 Å². The van der Waals surface area contributed by atoms with E-state index in [-0.39, 0.29) is 16.2 Å². The summed E-state index contributed by atoms with van der Waals surface area (Å²) in [7, 11) is 0. The SMILES string of the molecule is CC1(C)c2cc(-c3ccccc3)ccc2-c2ccc(-c3ccc4c(c3)C(C)(C)c3cc(-c5ccc6c(c5)C(C)(C)c5cc(-c7cccc(-c8ccccc8)c7)ccc5-6)ccc3-4)cc21. The summed E-state index contributed by atoms with van der Waals surface area (Å²) in [5, 5.41) is 0. The maximum atomic E-state index is 2.47. The molecule has 0 aliphatic heterocycles. The van der Waals surface area contributed by atoms with Gasteiger partial charge in [0.25, 0.3) is 0 Å². The summed E-state index contributed by atoms with van der Waals surface area (Å²) < 4.78 is 0. The molecule has 0 N–H and O–H groups in total. The third-order valence-electron chi connectivity index (χ3n) is 15.1. The Bertz CT molecular complexity index is 3340. The van der Waals surface area contributed by atoms with Gasteiger partial charge in [-0.15, -0.1) is 0 Å². The maximum absolute atomic E-state index is 2.47. The van der Waals surface area contributed by atoms with Gasteiger partial charge in [-0.1, -0.05) is 193 Å². The van der Waals surface area contributed by atoms with E-state index in [2.05, 4.69) is 236 Å². The summed E-state index contributed by atoms with van der Waals surface area (Å²) in [6.07, 6.45) is 0. The normalized spacial score (nSPS) is 15.2. The minimum Gasteiger partial charge on any atom is -0.0622 e. The van der Waals surface area contributed by atoms with E-state index in [1.807, 2.05) is 0 Å². The van der Waals surface area contributed by atoms with Crippen molar-refractivity contribution in [1.29, 1.82) is 0 Å². The average molecular weight is 807 g/mol. The highest BCUT2D eigenvalue weighted by atomic mass is 14.4. The van der Waals surface area contributed by atoms with E-state index in [0.717, 1.165) is 0 Å². The number of rotatable bonds is 5. The highest BCUT2D eigenvalue weighted by molar-refractivity contribution is 5.90. The van der Waals surface area contributed by atoms with Crippen LogP contribution >= 0.6 is 0 Å². The van der Waals surface area contributed by atoms with Crippen LogP contribution in [-0.2, 0) is 16.2 Å².